The molecule has 0 aliphatic heterocycles. The summed E-state index contributed by atoms with van der Waals surface area (Å²) >= 11 is 0. The Morgan fingerprint density at radius 3 is 2.69 bits per heavy atom. The molecule has 1 aromatic heterocycles. The van der Waals surface area contributed by atoms with Crippen molar-refractivity contribution in [3.63, 3.8) is 0 Å². The average Bonchev–Trinajstić information content (AvgIpc) is 3.15. The number of benzene rings is 2. The van der Waals surface area contributed by atoms with E-state index in [2.05, 4.69) is 58.8 Å². The van der Waals surface area contributed by atoms with E-state index in [4.69, 9.17) is 5.21 Å². The highest BCUT2D eigenvalue weighted by atomic mass is 16.5. The molecule has 1 amide bonds. The van der Waals surface area contributed by atoms with Crippen LogP contribution in [0.15, 0.2) is 54.7 Å². The number of aromatic amines is 1. The number of fused-ring (bicyclic) bond motifs is 1. The van der Waals surface area contributed by atoms with Crippen LogP contribution < -0.4 is 10.8 Å². The van der Waals surface area contributed by atoms with E-state index in [1.54, 1.807) is 5.48 Å². The van der Waals surface area contributed by atoms with Crippen molar-refractivity contribution in [2.24, 2.45) is 0 Å². The second-order valence-electron chi connectivity index (χ2n) is 6.49. The molecule has 136 valence electrons. The van der Waals surface area contributed by atoms with Gasteiger partial charge < -0.3 is 10.3 Å². The van der Waals surface area contributed by atoms with Crippen LogP contribution in [0.5, 0.6) is 0 Å². The fourth-order valence-electron chi connectivity index (χ4n) is 3.09. The quantitative estimate of drug-likeness (QED) is 0.256. The molecule has 0 fully saturated rings. The summed E-state index contributed by atoms with van der Waals surface area (Å²) in [5.41, 5.74) is 6.35. The largest absolute Gasteiger partial charge is 0.385 e. The summed E-state index contributed by atoms with van der Waals surface area (Å²) in [6.45, 7) is 0.909. The molecular formula is C21H25N3O2. The van der Waals surface area contributed by atoms with Gasteiger partial charge >= 0.3 is 0 Å². The van der Waals surface area contributed by atoms with Crippen LogP contribution in [0.4, 0.5) is 5.69 Å². The first-order valence-electron chi connectivity index (χ1n) is 9.10. The number of hydrogen-bond donors (Lipinski definition) is 4. The summed E-state index contributed by atoms with van der Waals surface area (Å²) in [6, 6.07) is 17.0. The molecule has 0 bridgehead atoms. The second kappa shape index (κ2) is 9.06. The molecule has 1 heterocycles. The minimum absolute atomic E-state index is 0.308. The Hall–Kier alpha value is -2.79. The van der Waals surface area contributed by atoms with Crippen LogP contribution in [0.25, 0.3) is 22.0 Å². The maximum Gasteiger partial charge on any atom is 0.243 e. The third-order valence-electron chi connectivity index (χ3n) is 4.53. The van der Waals surface area contributed by atoms with Crippen molar-refractivity contribution >= 4 is 22.5 Å². The fraction of sp³-hybridized carbons (Fsp3) is 0.286. The van der Waals surface area contributed by atoms with Gasteiger partial charge in [0.1, 0.15) is 0 Å². The first-order valence-corrected chi connectivity index (χ1v) is 9.10. The van der Waals surface area contributed by atoms with Crippen molar-refractivity contribution in [3.05, 3.63) is 54.7 Å². The third-order valence-corrected chi connectivity index (χ3v) is 4.53. The molecule has 3 aromatic rings. The number of amides is 1. The molecule has 0 saturated heterocycles. The maximum absolute atomic E-state index is 10.9. The summed E-state index contributed by atoms with van der Waals surface area (Å²) < 4.78 is 0. The Morgan fingerprint density at radius 1 is 0.962 bits per heavy atom. The van der Waals surface area contributed by atoms with Crippen LogP contribution in [0.2, 0.25) is 0 Å². The SMILES string of the molecule is O=C(CCCCCCNc1cccc(-c2ccc3[nH]ccc3c2)c1)NO. The molecule has 5 nitrogen and oxygen atoms in total. The number of H-pyrrole nitrogens is 1. The Bertz CT molecular complexity index is 857. The highest BCUT2D eigenvalue weighted by molar-refractivity contribution is 5.85. The number of unbranched alkanes of at least 4 members (excludes halogenated alkanes) is 3. The molecule has 4 N–H and O–H groups in total. The highest BCUT2D eigenvalue weighted by Crippen LogP contribution is 2.26. The number of carbonyl (C=O) groups excluding carboxylic acids is 1. The lowest BCUT2D eigenvalue weighted by Crippen LogP contribution is -2.17. The maximum atomic E-state index is 10.9. The minimum atomic E-state index is -0.308. The minimum Gasteiger partial charge on any atom is -0.385 e. The molecular weight excluding hydrogens is 326 g/mol. The van der Waals surface area contributed by atoms with Crippen LogP contribution in [-0.2, 0) is 4.79 Å². The van der Waals surface area contributed by atoms with Gasteiger partial charge in [0.25, 0.3) is 0 Å². The molecule has 3 rings (SSSR count). The number of hydroxylamine groups is 1. The number of nitrogens with one attached hydrogen (secondary N) is 3. The van der Waals surface area contributed by atoms with Crippen LogP contribution in [0.1, 0.15) is 32.1 Å². The number of anilines is 1. The van der Waals surface area contributed by atoms with E-state index in [9.17, 15) is 4.79 Å². The van der Waals surface area contributed by atoms with E-state index in [1.165, 1.54) is 16.5 Å². The zero-order chi connectivity index (χ0) is 18.2. The van der Waals surface area contributed by atoms with Gasteiger partial charge in [0.2, 0.25) is 5.91 Å². The molecule has 5 heteroatoms. The number of carbonyl (C=O) groups is 1. The standard InChI is InChI=1S/C21H25N3O2/c25-21(24-26)8-3-1-2-4-12-22-19-7-5-6-16(15-19)17-9-10-20-18(14-17)11-13-23-20/h5-7,9-11,13-15,22-23,26H,1-4,8,12H2,(H,24,25). The van der Waals surface area contributed by atoms with Gasteiger partial charge in [0.05, 0.1) is 0 Å². The molecule has 2 aromatic carbocycles. The lowest BCUT2D eigenvalue weighted by atomic mass is 10.0. The molecule has 0 radical (unpaired) electrons. The monoisotopic (exact) mass is 351 g/mol. The zero-order valence-corrected chi connectivity index (χ0v) is 14.8. The van der Waals surface area contributed by atoms with Gasteiger partial charge in [0.15, 0.2) is 0 Å². The predicted octanol–water partition coefficient (Wildman–Crippen LogP) is 4.70. The summed E-state index contributed by atoms with van der Waals surface area (Å²) in [7, 11) is 0. The Labute approximate surface area is 153 Å². The zero-order valence-electron chi connectivity index (χ0n) is 14.8. The van der Waals surface area contributed by atoms with Crippen LogP contribution in [0.3, 0.4) is 0 Å². The lowest BCUT2D eigenvalue weighted by molar-refractivity contribution is -0.129. The van der Waals surface area contributed by atoms with Gasteiger partial charge in [-0.25, -0.2) is 5.48 Å². The van der Waals surface area contributed by atoms with Crippen molar-refractivity contribution in [2.75, 3.05) is 11.9 Å². The van der Waals surface area contributed by atoms with E-state index in [0.717, 1.165) is 43.4 Å². The highest BCUT2D eigenvalue weighted by Gasteiger charge is 2.02. The fourth-order valence-corrected chi connectivity index (χ4v) is 3.09. The Balaban J connectivity index is 1.47. The van der Waals surface area contributed by atoms with E-state index >= 15 is 0 Å². The first kappa shape index (κ1) is 18.0. The molecule has 0 saturated carbocycles. The topological polar surface area (TPSA) is 77.2 Å². The van der Waals surface area contributed by atoms with Crippen molar-refractivity contribution in [1.82, 2.24) is 10.5 Å². The van der Waals surface area contributed by atoms with Crippen LogP contribution in [0, 0.1) is 0 Å². The first-order chi connectivity index (χ1) is 12.8. The summed E-state index contributed by atoms with van der Waals surface area (Å²) in [5.74, 6) is -0.308. The van der Waals surface area contributed by atoms with Crippen molar-refractivity contribution < 1.29 is 10.0 Å². The number of aromatic nitrogens is 1. The molecule has 0 atom stereocenters. The summed E-state index contributed by atoms with van der Waals surface area (Å²) in [6.07, 6.45) is 6.27. The average molecular weight is 351 g/mol. The summed E-state index contributed by atoms with van der Waals surface area (Å²) in [5, 5.41) is 13.1. The number of rotatable bonds is 9. The van der Waals surface area contributed by atoms with Crippen molar-refractivity contribution in [3.8, 4) is 11.1 Å². The molecule has 0 aliphatic carbocycles. The van der Waals surface area contributed by atoms with Gasteiger partial charge in [-0.05, 0) is 59.7 Å². The Morgan fingerprint density at radius 2 is 1.81 bits per heavy atom. The normalized spacial score (nSPS) is 10.8. The molecule has 0 spiro atoms. The molecule has 26 heavy (non-hydrogen) atoms. The predicted molar refractivity (Wildman–Crippen MR) is 105 cm³/mol. The van der Waals surface area contributed by atoms with E-state index in [0.29, 0.717) is 6.42 Å². The van der Waals surface area contributed by atoms with E-state index < -0.39 is 0 Å². The smallest absolute Gasteiger partial charge is 0.243 e. The second-order valence-corrected chi connectivity index (χ2v) is 6.49. The van der Waals surface area contributed by atoms with Crippen molar-refractivity contribution in [2.45, 2.75) is 32.1 Å². The van der Waals surface area contributed by atoms with E-state index in [-0.39, 0.29) is 5.91 Å². The van der Waals surface area contributed by atoms with E-state index in [1.807, 2.05) is 6.20 Å². The van der Waals surface area contributed by atoms with Crippen molar-refractivity contribution in [1.29, 1.82) is 0 Å². The van der Waals surface area contributed by atoms with Gasteiger partial charge in [-0.1, -0.05) is 31.0 Å². The van der Waals surface area contributed by atoms with Gasteiger partial charge in [-0.15, -0.1) is 0 Å². The summed E-state index contributed by atoms with van der Waals surface area (Å²) in [4.78, 5) is 14.1. The molecule has 0 unspecified atom stereocenters. The Kier molecular flexibility index (Phi) is 6.28. The third kappa shape index (κ3) is 4.86. The van der Waals surface area contributed by atoms with Gasteiger partial charge in [0, 0.05) is 30.4 Å². The number of hydrogen-bond acceptors (Lipinski definition) is 3. The lowest BCUT2D eigenvalue weighted by Gasteiger charge is -2.09. The molecule has 0 aliphatic rings. The van der Waals surface area contributed by atoms with Gasteiger partial charge in [-0.3, -0.25) is 10.0 Å². The van der Waals surface area contributed by atoms with Gasteiger partial charge in [-0.2, -0.15) is 0 Å². The van der Waals surface area contributed by atoms with Crippen LogP contribution >= 0.6 is 0 Å². The van der Waals surface area contributed by atoms with Crippen LogP contribution in [-0.4, -0.2) is 22.6 Å².